The zero-order chi connectivity index (χ0) is 14.1. The van der Waals surface area contributed by atoms with Crippen molar-refractivity contribution in [2.75, 3.05) is 18.1 Å². The van der Waals surface area contributed by atoms with E-state index in [0.717, 1.165) is 28.4 Å². The number of aromatic nitrogens is 4. The highest BCUT2D eigenvalue weighted by molar-refractivity contribution is 7.99. The van der Waals surface area contributed by atoms with Gasteiger partial charge in [-0.3, -0.25) is 0 Å². The zero-order valence-electron chi connectivity index (χ0n) is 11.2. The Morgan fingerprint density at radius 1 is 1.45 bits per heavy atom. The van der Waals surface area contributed by atoms with Crippen LogP contribution in [0.2, 0.25) is 0 Å². The van der Waals surface area contributed by atoms with E-state index in [4.69, 9.17) is 5.73 Å². The maximum Gasteiger partial charge on any atom is 0.223 e. The summed E-state index contributed by atoms with van der Waals surface area (Å²) in [5.74, 6) is 1.39. The number of nitrogens with zero attached hydrogens (tertiary/aromatic N) is 4. The number of hydrogen-bond donors (Lipinski definition) is 2. The first kappa shape index (κ1) is 13.4. The van der Waals surface area contributed by atoms with Crippen LogP contribution in [0.1, 0.15) is 19.4 Å². The number of anilines is 1. The van der Waals surface area contributed by atoms with Crippen LogP contribution < -0.4 is 5.73 Å². The predicted molar refractivity (Wildman–Crippen MR) is 79.5 cm³/mol. The summed E-state index contributed by atoms with van der Waals surface area (Å²) in [5.41, 5.74) is 7.36. The van der Waals surface area contributed by atoms with E-state index < -0.39 is 0 Å². The molecule has 0 saturated heterocycles. The van der Waals surface area contributed by atoms with Crippen molar-refractivity contribution in [3.8, 4) is 0 Å². The van der Waals surface area contributed by atoms with Gasteiger partial charge in [-0.2, -0.15) is 4.98 Å². The number of thioether (sulfide) groups is 1. The molecule has 7 heteroatoms. The SMILES string of the molecule is CCSc1nc(N)nc2c1ncn2[C@@H]1C=C[C@H](CO)C1. The Morgan fingerprint density at radius 2 is 2.30 bits per heavy atom. The lowest BCUT2D eigenvalue weighted by Crippen LogP contribution is -2.08. The Balaban J connectivity index is 2.03. The fraction of sp³-hybridized carbons (Fsp3) is 0.462. The number of allylic oxidation sites excluding steroid dienone is 1. The first-order valence-corrected chi connectivity index (χ1v) is 7.63. The fourth-order valence-corrected chi connectivity index (χ4v) is 3.19. The van der Waals surface area contributed by atoms with Crippen molar-refractivity contribution in [2.24, 2.45) is 5.92 Å². The molecule has 2 atom stereocenters. The van der Waals surface area contributed by atoms with E-state index in [9.17, 15) is 5.11 Å². The van der Waals surface area contributed by atoms with Crippen molar-refractivity contribution in [1.82, 2.24) is 19.5 Å². The number of hydrogen-bond acceptors (Lipinski definition) is 6. The molecule has 3 N–H and O–H groups in total. The van der Waals surface area contributed by atoms with E-state index >= 15 is 0 Å². The third-order valence-electron chi connectivity index (χ3n) is 3.43. The van der Waals surface area contributed by atoms with Gasteiger partial charge in [-0.15, -0.1) is 11.8 Å². The van der Waals surface area contributed by atoms with Crippen molar-refractivity contribution in [3.63, 3.8) is 0 Å². The van der Waals surface area contributed by atoms with Crippen LogP contribution in [0.4, 0.5) is 5.95 Å². The van der Waals surface area contributed by atoms with E-state index in [1.165, 1.54) is 0 Å². The first-order chi connectivity index (χ1) is 9.72. The van der Waals surface area contributed by atoms with Crippen LogP contribution >= 0.6 is 11.8 Å². The molecule has 0 aromatic carbocycles. The Bertz CT molecular complexity index is 653. The van der Waals surface area contributed by atoms with Crippen molar-refractivity contribution in [2.45, 2.75) is 24.4 Å². The molecule has 0 unspecified atom stereocenters. The second-order valence-corrected chi connectivity index (χ2v) is 6.03. The van der Waals surface area contributed by atoms with Gasteiger partial charge in [-0.25, -0.2) is 9.97 Å². The number of fused-ring (bicyclic) bond motifs is 1. The lowest BCUT2D eigenvalue weighted by atomic mass is 10.1. The Labute approximate surface area is 121 Å². The molecule has 0 radical (unpaired) electrons. The number of imidazole rings is 1. The van der Waals surface area contributed by atoms with Gasteiger partial charge in [0.15, 0.2) is 5.65 Å². The van der Waals surface area contributed by atoms with Crippen LogP contribution in [0.5, 0.6) is 0 Å². The molecule has 2 aromatic rings. The van der Waals surface area contributed by atoms with Crippen molar-refractivity contribution in [1.29, 1.82) is 0 Å². The van der Waals surface area contributed by atoms with Crippen LogP contribution in [0.3, 0.4) is 0 Å². The van der Waals surface area contributed by atoms with Crippen LogP contribution in [0.25, 0.3) is 11.2 Å². The number of nitrogens with two attached hydrogens (primary N) is 1. The van der Waals surface area contributed by atoms with Crippen molar-refractivity contribution in [3.05, 3.63) is 18.5 Å². The van der Waals surface area contributed by atoms with Gasteiger partial charge in [0, 0.05) is 12.5 Å². The van der Waals surface area contributed by atoms with Gasteiger partial charge < -0.3 is 15.4 Å². The molecule has 106 valence electrons. The standard InChI is InChI=1S/C13H17N5OS/c1-2-20-12-10-11(16-13(14)17-12)18(7-15-10)9-4-3-8(5-9)6-19/h3-4,7-9,19H,2,5-6H2,1H3,(H2,14,16,17)/t8-,9+/m0/s1. The third-order valence-corrected chi connectivity index (χ3v) is 4.28. The second kappa shape index (κ2) is 5.41. The molecule has 1 aliphatic rings. The predicted octanol–water partition coefficient (Wildman–Crippen LogP) is 1.63. The fourth-order valence-electron chi connectivity index (χ4n) is 2.48. The molecule has 2 heterocycles. The summed E-state index contributed by atoms with van der Waals surface area (Å²) in [5, 5.41) is 10.1. The molecule has 2 aromatic heterocycles. The molecule has 6 nitrogen and oxygen atoms in total. The summed E-state index contributed by atoms with van der Waals surface area (Å²) >= 11 is 1.61. The topological polar surface area (TPSA) is 89.9 Å². The molecule has 0 saturated carbocycles. The molecule has 0 fully saturated rings. The van der Waals surface area contributed by atoms with Crippen molar-refractivity contribution < 1.29 is 5.11 Å². The first-order valence-electron chi connectivity index (χ1n) is 6.65. The maximum atomic E-state index is 9.23. The van der Waals surface area contributed by atoms with E-state index in [-0.39, 0.29) is 24.5 Å². The Kier molecular flexibility index (Phi) is 3.62. The smallest absolute Gasteiger partial charge is 0.223 e. The lowest BCUT2D eigenvalue weighted by molar-refractivity contribution is 0.244. The monoisotopic (exact) mass is 291 g/mol. The Morgan fingerprint density at radius 3 is 3.00 bits per heavy atom. The highest BCUT2D eigenvalue weighted by Crippen LogP contribution is 2.32. The van der Waals surface area contributed by atoms with Gasteiger partial charge in [0.05, 0.1) is 12.4 Å². The highest BCUT2D eigenvalue weighted by Gasteiger charge is 2.22. The van der Waals surface area contributed by atoms with E-state index in [1.807, 2.05) is 10.6 Å². The molecular weight excluding hydrogens is 274 g/mol. The molecular formula is C13H17N5OS. The van der Waals surface area contributed by atoms with E-state index in [1.54, 1.807) is 18.1 Å². The molecule has 0 amide bonds. The minimum absolute atomic E-state index is 0.172. The van der Waals surface area contributed by atoms with E-state index in [2.05, 4.69) is 28.0 Å². The van der Waals surface area contributed by atoms with Crippen LogP contribution in [0.15, 0.2) is 23.5 Å². The van der Waals surface area contributed by atoms with Crippen molar-refractivity contribution >= 4 is 28.9 Å². The summed E-state index contributed by atoms with van der Waals surface area (Å²) in [6.45, 7) is 2.24. The van der Waals surface area contributed by atoms with Crippen LogP contribution in [-0.2, 0) is 0 Å². The number of rotatable bonds is 4. The minimum Gasteiger partial charge on any atom is -0.396 e. The minimum atomic E-state index is 0.172. The third kappa shape index (κ3) is 2.27. The van der Waals surface area contributed by atoms with E-state index in [0.29, 0.717) is 0 Å². The normalized spacial score (nSPS) is 21.9. The second-order valence-electron chi connectivity index (χ2n) is 4.77. The van der Waals surface area contributed by atoms with Crippen LogP contribution in [-0.4, -0.2) is 37.0 Å². The average molecular weight is 291 g/mol. The summed E-state index contributed by atoms with van der Waals surface area (Å²) in [6.07, 6.45) is 6.78. The highest BCUT2D eigenvalue weighted by atomic mass is 32.2. The molecule has 0 aliphatic heterocycles. The summed E-state index contributed by atoms with van der Waals surface area (Å²) in [7, 11) is 0. The van der Waals surface area contributed by atoms with Gasteiger partial charge in [-0.1, -0.05) is 19.1 Å². The lowest BCUT2D eigenvalue weighted by Gasteiger charge is -2.12. The average Bonchev–Trinajstić information content (AvgIpc) is 3.04. The molecule has 3 rings (SSSR count). The summed E-state index contributed by atoms with van der Waals surface area (Å²) < 4.78 is 2.01. The molecule has 0 bridgehead atoms. The molecule has 0 spiro atoms. The molecule has 1 aliphatic carbocycles. The van der Waals surface area contributed by atoms with Gasteiger partial charge in [0.2, 0.25) is 5.95 Å². The quantitative estimate of drug-likeness (QED) is 0.505. The zero-order valence-corrected chi connectivity index (χ0v) is 12.0. The molecule has 20 heavy (non-hydrogen) atoms. The van der Waals surface area contributed by atoms with Gasteiger partial charge in [-0.05, 0) is 12.2 Å². The van der Waals surface area contributed by atoms with Crippen LogP contribution in [0, 0.1) is 5.92 Å². The maximum absolute atomic E-state index is 9.23. The number of aliphatic hydroxyl groups excluding tert-OH is 1. The number of aliphatic hydroxyl groups is 1. The van der Waals surface area contributed by atoms with Gasteiger partial charge in [0.25, 0.3) is 0 Å². The van der Waals surface area contributed by atoms with Gasteiger partial charge in [0.1, 0.15) is 10.5 Å². The Hall–Kier alpha value is -1.60. The largest absolute Gasteiger partial charge is 0.396 e. The summed E-state index contributed by atoms with van der Waals surface area (Å²) in [4.78, 5) is 13.0. The summed E-state index contributed by atoms with van der Waals surface area (Å²) in [6, 6.07) is 0.172. The van der Waals surface area contributed by atoms with Gasteiger partial charge >= 0.3 is 0 Å². The number of nitrogen functional groups attached to an aromatic ring is 1.